The first kappa shape index (κ1) is 14.5. The lowest BCUT2D eigenvalue weighted by Crippen LogP contribution is -2.38. The van der Waals surface area contributed by atoms with Crippen LogP contribution in [-0.4, -0.2) is 18.6 Å². The second-order valence-corrected chi connectivity index (χ2v) is 6.15. The van der Waals surface area contributed by atoms with Gasteiger partial charge in [0.25, 0.3) is 5.91 Å². The molecule has 0 saturated heterocycles. The molecule has 1 N–H and O–H groups in total. The Morgan fingerprint density at radius 1 is 1.38 bits per heavy atom. The fourth-order valence-corrected chi connectivity index (χ4v) is 3.15. The minimum atomic E-state index is -0.418. The highest BCUT2D eigenvalue weighted by Gasteiger charge is 2.28. The molecule has 1 aliphatic heterocycles. The van der Waals surface area contributed by atoms with Gasteiger partial charge in [-0.15, -0.1) is 0 Å². The molecular weight excluding hydrogens is 286 g/mol. The van der Waals surface area contributed by atoms with E-state index in [1.54, 1.807) is 6.07 Å². The molecule has 0 bridgehead atoms. The molecule has 21 heavy (non-hydrogen) atoms. The Kier molecular flexibility index (Phi) is 4.49. The van der Waals surface area contributed by atoms with Crippen LogP contribution in [0.3, 0.4) is 0 Å². The summed E-state index contributed by atoms with van der Waals surface area (Å²) >= 11 is 5.96. The van der Waals surface area contributed by atoms with Crippen LogP contribution in [0.25, 0.3) is 0 Å². The molecule has 1 aromatic carbocycles. The zero-order valence-corrected chi connectivity index (χ0v) is 12.8. The smallest absolute Gasteiger partial charge is 0.261 e. The van der Waals surface area contributed by atoms with Crippen LogP contribution in [0.2, 0.25) is 5.02 Å². The molecule has 1 aliphatic carbocycles. The van der Waals surface area contributed by atoms with E-state index in [1.165, 1.54) is 31.3 Å². The largest absolute Gasteiger partial charge is 0.480 e. The highest BCUT2D eigenvalue weighted by molar-refractivity contribution is 6.30. The molecule has 1 unspecified atom stereocenters. The molecule has 0 spiro atoms. The molecule has 4 heteroatoms. The van der Waals surface area contributed by atoms with Crippen molar-refractivity contribution in [2.75, 3.05) is 6.54 Å². The maximum absolute atomic E-state index is 12.2. The van der Waals surface area contributed by atoms with E-state index in [9.17, 15) is 4.79 Å². The van der Waals surface area contributed by atoms with Crippen molar-refractivity contribution in [2.45, 2.75) is 44.6 Å². The first-order valence-electron chi connectivity index (χ1n) is 7.63. The van der Waals surface area contributed by atoms with Crippen molar-refractivity contribution in [3.8, 4) is 5.75 Å². The lowest BCUT2D eigenvalue weighted by atomic mass is 9.97. The van der Waals surface area contributed by atoms with Crippen molar-refractivity contribution >= 4 is 17.5 Å². The average Bonchev–Trinajstić information content (AvgIpc) is 2.91. The topological polar surface area (TPSA) is 38.3 Å². The number of allylic oxidation sites excluding steroid dienone is 1. The summed E-state index contributed by atoms with van der Waals surface area (Å²) < 4.78 is 5.68. The highest BCUT2D eigenvalue weighted by atomic mass is 35.5. The van der Waals surface area contributed by atoms with E-state index in [-0.39, 0.29) is 5.91 Å². The summed E-state index contributed by atoms with van der Waals surface area (Å²) in [6, 6.07) is 5.49. The van der Waals surface area contributed by atoms with Gasteiger partial charge in [0.05, 0.1) is 0 Å². The zero-order chi connectivity index (χ0) is 14.7. The summed E-state index contributed by atoms with van der Waals surface area (Å²) in [4.78, 5) is 12.2. The number of benzene rings is 1. The first-order valence-corrected chi connectivity index (χ1v) is 8.01. The van der Waals surface area contributed by atoms with Crippen molar-refractivity contribution in [3.05, 3.63) is 40.4 Å². The standard InChI is InChI=1S/C17H20ClNO2/c18-14-6-7-15-13(10-14)11-16(21-15)17(20)19-9-8-12-4-2-1-3-5-12/h4,6-7,10,16H,1-3,5,8-9,11H2,(H,19,20). The molecule has 0 radical (unpaired) electrons. The molecule has 1 amide bonds. The van der Waals surface area contributed by atoms with Gasteiger partial charge in [0.15, 0.2) is 6.10 Å². The first-order chi connectivity index (χ1) is 10.2. The molecule has 0 fully saturated rings. The SMILES string of the molecule is O=C(NCCC1=CCCCC1)C1Cc2cc(Cl)ccc2O1. The third kappa shape index (κ3) is 3.59. The molecule has 1 heterocycles. The van der Waals surface area contributed by atoms with Gasteiger partial charge in [-0.25, -0.2) is 0 Å². The zero-order valence-electron chi connectivity index (χ0n) is 12.0. The van der Waals surface area contributed by atoms with Gasteiger partial charge in [0.2, 0.25) is 0 Å². The van der Waals surface area contributed by atoms with Gasteiger partial charge in [0, 0.05) is 18.0 Å². The predicted molar refractivity (Wildman–Crippen MR) is 83.7 cm³/mol. The fourth-order valence-electron chi connectivity index (χ4n) is 2.96. The molecular formula is C17H20ClNO2. The second-order valence-electron chi connectivity index (χ2n) is 5.71. The summed E-state index contributed by atoms with van der Waals surface area (Å²) in [7, 11) is 0. The molecule has 1 aromatic rings. The van der Waals surface area contributed by atoms with Crippen LogP contribution in [0.15, 0.2) is 29.8 Å². The molecule has 0 aromatic heterocycles. The summed E-state index contributed by atoms with van der Waals surface area (Å²) in [6.45, 7) is 0.696. The number of ether oxygens (including phenoxy) is 1. The van der Waals surface area contributed by atoms with E-state index in [1.807, 2.05) is 12.1 Å². The lowest BCUT2D eigenvalue weighted by Gasteiger charge is -2.14. The highest BCUT2D eigenvalue weighted by Crippen LogP contribution is 2.31. The monoisotopic (exact) mass is 305 g/mol. The van der Waals surface area contributed by atoms with Gasteiger partial charge < -0.3 is 10.1 Å². The van der Waals surface area contributed by atoms with Crippen LogP contribution in [0, 0.1) is 0 Å². The van der Waals surface area contributed by atoms with Crippen molar-refractivity contribution in [1.29, 1.82) is 0 Å². The van der Waals surface area contributed by atoms with Crippen molar-refractivity contribution in [3.63, 3.8) is 0 Å². The van der Waals surface area contributed by atoms with Crippen LogP contribution >= 0.6 is 11.6 Å². The van der Waals surface area contributed by atoms with Gasteiger partial charge in [-0.05, 0) is 55.9 Å². The van der Waals surface area contributed by atoms with Crippen molar-refractivity contribution in [1.82, 2.24) is 5.32 Å². The quantitative estimate of drug-likeness (QED) is 0.862. The van der Waals surface area contributed by atoms with E-state index < -0.39 is 6.10 Å². The number of nitrogens with one attached hydrogen (secondary N) is 1. The van der Waals surface area contributed by atoms with Crippen molar-refractivity contribution < 1.29 is 9.53 Å². The van der Waals surface area contributed by atoms with Gasteiger partial charge in [0.1, 0.15) is 5.75 Å². The number of rotatable bonds is 4. The Morgan fingerprint density at radius 3 is 3.10 bits per heavy atom. The molecule has 0 saturated carbocycles. The average molecular weight is 306 g/mol. The fraction of sp³-hybridized carbons (Fsp3) is 0.471. The van der Waals surface area contributed by atoms with Gasteiger partial charge in [-0.1, -0.05) is 23.3 Å². The number of fused-ring (bicyclic) bond motifs is 1. The van der Waals surface area contributed by atoms with E-state index in [2.05, 4.69) is 11.4 Å². The summed E-state index contributed by atoms with van der Waals surface area (Å²) in [5, 5.41) is 3.67. The minimum Gasteiger partial charge on any atom is -0.480 e. The normalized spacial score (nSPS) is 20.4. The molecule has 3 nitrogen and oxygen atoms in total. The number of hydrogen-bond donors (Lipinski definition) is 1. The Balaban J connectivity index is 1.48. The van der Waals surface area contributed by atoms with Crippen LogP contribution in [0.1, 0.15) is 37.7 Å². The third-order valence-corrected chi connectivity index (χ3v) is 4.35. The number of carbonyl (C=O) groups excluding carboxylic acids is 1. The number of carbonyl (C=O) groups is 1. The maximum atomic E-state index is 12.2. The predicted octanol–water partition coefficient (Wildman–Crippen LogP) is 3.65. The van der Waals surface area contributed by atoms with Crippen molar-refractivity contribution in [2.24, 2.45) is 0 Å². The molecule has 2 aliphatic rings. The van der Waals surface area contributed by atoms with Gasteiger partial charge in [-0.2, -0.15) is 0 Å². The van der Waals surface area contributed by atoms with Gasteiger partial charge in [-0.3, -0.25) is 4.79 Å². The Labute approximate surface area is 130 Å². The minimum absolute atomic E-state index is 0.0290. The summed E-state index contributed by atoms with van der Waals surface area (Å²) in [5.74, 6) is 0.744. The Hall–Kier alpha value is -1.48. The molecule has 1 atom stereocenters. The maximum Gasteiger partial charge on any atom is 0.261 e. The number of halogens is 1. The second kappa shape index (κ2) is 6.52. The molecule has 3 rings (SSSR count). The number of hydrogen-bond acceptors (Lipinski definition) is 2. The van der Waals surface area contributed by atoms with Crippen LogP contribution < -0.4 is 10.1 Å². The third-order valence-electron chi connectivity index (χ3n) is 4.12. The van der Waals surface area contributed by atoms with Gasteiger partial charge >= 0.3 is 0 Å². The summed E-state index contributed by atoms with van der Waals surface area (Å²) in [6.07, 6.45) is 8.40. The van der Waals surface area contributed by atoms with E-state index in [0.29, 0.717) is 18.0 Å². The molecule has 112 valence electrons. The summed E-state index contributed by atoms with van der Waals surface area (Å²) in [5.41, 5.74) is 2.49. The van der Waals surface area contributed by atoms with E-state index in [4.69, 9.17) is 16.3 Å². The Bertz CT molecular complexity index is 568. The lowest BCUT2D eigenvalue weighted by molar-refractivity contribution is -0.127. The van der Waals surface area contributed by atoms with Crippen LogP contribution in [-0.2, 0) is 11.2 Å². The van der Waals surface area contributed by atoms with E-state index >= 15 is 0 Å². The van der Waals surface area contributed by atoms with Crippen LogP contribution in [0.4, 0.5) is 0 Å². The van der Waals surface area contributed by atoms with E-state index in [0.717, 1.165) is 17.7 Å². The van der Waals surface area contributed by atoms with Crippen LogP contribution in [0.5, 0.6) is 5.75 Å². The Morgan fingerprint density at radius 2 is 2.29 bits per heavy atom. The number of amides is 1.